The molecule has 0 saturated carbocycles. The molecule has 0 bridgehead atoms. The van der Waals surface area contributed by atoms with E-state index in [0.717, 1.165) is 65.5 Å². The Labute approximate surface area is 353 Å². The van der Waals surface area contributed by atoms with E-state index in [9.17, 15) is 9.90 Å². The minimum Gasteiger partial charge on any atom is -0.512 e. The number of aromatic nitrogens is 1. The third-order valence-electron chi connectivity index (χ3n) is 11.8. The normalized spacial score (nSPS) is 12.8. The molecule has 0 saturated heterocycles. The average Bonchev–Trinajstić information content (AvgIpc) is 3.71. The fraction of sp³-hybridized carbons (Fsp3) is 0.440. The second kappa shape index (κ2) is 17.5. The molecule has 56 heavy (non-hydrogen) atoms. The van der Waals surface area contributed by atoms with E-state index in [1.807, 2.05) is 59.1 Å². The number of aliphatic hydroxyl groups excluding tert-OH is 1. The van der Waals surface area contributed by atoms with Crippen molar-refractivity contribution in [3.63, 3.8) is 0 Å². The zero-order valence-electron chi connectivity index (χ0n) is 35.9. The molecular weight excluding hydrogens is 887 g/mol. The van der Waals surface area contributed by atoms with E-state index in [4.69, 9.17) is 9.40 Å². The molecule has 0 fully saturated rings. The maximum Gasteiger partial charge on any atom is 0.164 e. The minimum atomic E-state index is -0.337. The van der Waals surface area contributed by atoms with Crippen LogP contribution in [0.3, 0.4) is 0 Å². The fourth-order valence-electron chi connectivity index (χ4n) is 7.11. The van der Waals surface area contributed by atoms with Gasteiger partial charge in [0.25, 0.3) is 0 Å². The molecule has 0 aliphatic heterocycles. The number of fused-ring (bicyclic) bond motifs is 3. The fourth-order valence-corrected chi connectivity index (χ4v) is 8.42. The molecule has 1 N–H and O–H groups in total. The predicted octanol–water partition coefficient (Wildman–Crippen LogP) is 15.2. The van der Waals surface area contributed by atoms with Gasteiger partial charge in [-0.25, -0.2) is 0 Å². The number of carbonyl (C=O) groups excluding carboxylic acids is 1. The second-order valence-corrected chi connectivity index (χ2v) is 19.1. The van der Waals surface area contributed by atoms with Crippen LogP contribution in [0.1, 0.15) is 126 Å². The molecule has 0 aliphatic rings. The van der Waals surface area contributed by atoms with Gasteiger partial charge in [0, 0.05) is 70.3 Å². The molecule has 6 rings (SSSR count). The van der Waals surface area contributed by atoms with Gasteiger partial charge in [0.1, 0.15) is 17.1 Å². The molecule has 0 spiro atoms. The topological polar surface area (TPSA) is 63.3 Å². The van der Waals surface area contributed by atoms with Crippen LogP contribution in [0.4, 0.5) is 0 Å². The Bertz CT molecular complexity index is 2340. The Morgan fingerprint density at radius 2 is 1.48 bits per heavy atom. The summed E-state index contributed by atoms with van der Waals surface area (Å²) in [5.41, 5.74) is 6.41. The second-order valence-electron chi connectivity index (χ2n) is 18.1. The summed E-state index contributed by atoms with van der Waals surface area (Å²) in [4.78, 5) is 18.3. The van der Waals surface area contributed by atoms with Gasteiger partial charge in [0.05, 0.1) is 0 Å². The predicted molar refractivity (Wildman–Crippen MR) is 236 cm³/mol. The number of aryl methyl sites for hydroxylation is 1. The molecule has 4 nitrogen and oxygen atoms in total. The third kappa shape index (κ3) is 9.58. The van der Waals surface area contributed by atoms with Gasteiger partial charge in [-0.2, -0.15) is 0 Å². The summed E-state index contributed by atoms with van der Waals surface area (Å²) in [6.07, 6.45) is 7.62. The van der Waals surface area contributed by atoms with Crippen LogP contribution in [0.5, 0.6) is 0 Å². The summed E-state index contributed by atoms with van der Waals surface area (Å²) in [7, 11) is 0. The molecule has 0 atom stereocenters. The Hall–Kier alpha value is -3.57. The van der Waals surface area contributed by atoms with Gasteiger partial charge in [-0.15, -0.1) is 40.5 Å². The summed E-state index contributed by atoms with van der Waals surface area (Å²) < 4.78 is 7.49. The molecule has 6 aromatic rings. The number of hydrogen-bond acceptors (Lipinski definition) is 5. The van der Waals surface area contributed by atoms with E-state index < -0.39 is 0 Å². The number of benzene rings is 3. The average molecular weight is 949 g/mol. The molecule has 1 radical (unpaired) electrons. The standard InChI is InChI=1S/C35H34NOS.C15H28O2.Ir/c1-21-27-14-15-36-31(25-16-22-10-8-9-11-28(22)29(18-25)35(5,6)7)33(27)38-32(21)24-13-12-23-17-26(20-34(2,3)4)37-30(23)19-24;1-7-14(5,8-2)12(16)11-13(17)15(6,9-3)10-4;/h8-15,17-19H,20H2,1-7H3;11,16H,7-10H2,1-6H3;/q-1;;/b;12-11-;. The molecule has 301 valence electrons. The number of rotatable bonds is 10. The number of pyridine rings is 1. The van der Waals surface area contributed by atoms with E-state index in [-0.39, 0.29) is 53.3 Å². The van der Waals surface area contributed by atoms with Crippen LogP contribution < -0.4 is 0 Å². The van der Waals surface area contributed by atoms with E-state index in [2.05, 4.69) is 115 Å². The Morgan fingerprint density at radius 3 is 2.09 bits per heavy atom. The summed E-state index contributed by atoms with van der Waals surface area (Å²) in [5.74, 6) is 1.33. The van der Waals surface area contributed by atoms with Gasteiger partial charge in [-0.05, 0) is 78.1 Å². The van der Waals surface area contributed by atoms with Crippen LogP contribution >= 0.6 is 11.3 Å². The number of thiophene rings is 1. The number of aliphatic hydroxyl groups is 1. The third-order valence-corrected chi connectivity index (χ3v) is 13.2. The van der Waals surface area contributed by atoms with Crippen LogP contribution in [0.2, 0.25) is 0 Å². The first kappa shape index (κ1) is 45.1. The summed E-state index contributed by atoms with van der Waals surface area (Å²) in [5, 5.41) is 14.9. The van der Waals surface area contributed by atoms with Gasteiger partial charge < -0.3 is 9.52 Å². The van der Waals surface area contributed by atoms with Crippen LogP contribution in [0.15, 0.2) is 83.1 Å². The van der Waals surface area contributed by atoms with Gasteiger partial charge in [-0.3, -0.25) is 9.78 Å². The van der Waals surface area contributed by atoms with E-state index in [1.54, 1.807) is 0 Å². The maximum absolute atomic E-state index is 12.2. The zero-order chi connectivity index (χ0) is 40.5. The monoisotopic (exact) mass is 949 g/mol. The number of allylic oxidation sites excluding steroid dienone is 2. The quantitative estimate of drug-likeness (QED) is 0.0844. The SMILES string of the molecule is CCC(C)(CC)C(=O)/C=C(\O)C(C)(CC)CC.Cc1c(-c2ccc3cc(CC(C)(C)C)oc3c2)sc2c(-c3[c-]c4ccccc4c(C(C)(C)C)c3)nccc12.[Ir]. The van der Waals surface area contributed by atoms with Crippen molar-refractivity contribution in [3.8, 4) is 21.7 Å². The van der Waals surface area contributed by atoms with Crippen LogP contribution in [0.25, 0.3) is 53.5 Å². The van der Waals surface area contributed by atoms with E-state index in [1.165, 1.54) is 43.1 Å². The summed E-state index contributed by atoms with van der Waals surface area (Å²) >= 11 is 1.82. The molecule has 0 aliphatic carbocycles. The number of hydrogen-bond donors (Lipinski definition) is 1. The largest absolute Gasteiger partial charge is 0.512 e. The smallest absolute Gasteiger partial charge is 0.164 e. The molecule has 3 heterocycles. The van der Waals surface area contributed by atoms with Crippen molar-refractivity contribution in [2.75, 3.05) is 0 Å². The van der Waals surface area contributed by atoms with Crippen molar-refractivity contribution in [1.29, 1.82) is 0 Å². The molecule has 6 heteroatoms. The number of furan rings is 1. The van der Waals surface area contributed by atoms with E-state index >= 15 is 0 Å². The van der Waals surface area contributed by atoms with Crippen molar-refractivity contribution in [2.24, 2.45) is 16.2 Å². The van der Waals surface area contributed by atoms with Crippen molar-refractivity contribution < 1.29 is 34.4 Å². The van der Waals surface area contributed by atoms with Gasteiger partial charge in [-0.1, -0.05) is 124 Å². The van der Waals surface area contributed by atoms with Gasteiger partial charge in [0.2, 0.25) is 0 Å². The molecule has 0 amide bonds. The zero-order valence-corrected chi connectivity index (χ0v) is 39.1. The molecular formula is C50H62IrNO3S-. The van der Waals surface area contributed by atoms with Crippen molar-refractivity contribution in [1.82, 2.24) is 4.98 Å². The first-order valence-corrected chi connectivity index (χ1v) is 20.9. The Morgan fingerprint density at radius 1 is 0.839 bits per heavy atom. The molecule has 0 unspecified atom stereocenters. The Balaban J connectivity index is 0.000000330. The van der Waals surface area contributed by atoms with Crippen molar-refractivity contribution in [2.45, 2.75) is 128 Å². The minimum absolute atomic E-state index is 0. The van der Waals surface area contributed by atoms with E-state index in [0.29, 0.717) is 0 Å². The van der Waals surface area contributed by atoms with Gasteiger partial charge >= 0.3 is 0 Å². The Kier molecular flexibility index (Phi) is 14.1. The first-order valence-electron chi connectivity index (χ1n) is 20.1. The van der Waals surface area contributed by atoms with Crippen LogP contribution in [-0.2, 0) is 36.7 Å². The molecule has 3 aromatic carbocycles. The maximum atomic E-state index is 12.2. The van der Waals surface area contributed by atoms with Crippen molar-refractivity contribution >= 4 is 48.9 Å². The van der Waals surface area contributed by atoms with Crippen LogP contribution in [0, 0.1) is 29.2 Å². The number of carbonyl (C=O) groups is 1. The van der Waals surface area contributed by atoms with Crippen LogP contribution in [-0.4, -0.2) is 15.9 Å². The first-order chi connectivity index (χ1) is 25.8. The number of nitrogens with zero attached hydrogens (tertiary/aromatic N) is 1. The molecule has 3 aromatic heterocycles. The summed E-state index contributed by atoms with van der Waals surface area (Å²) in [6, 6.07) is 25.5. The van der Waals surface area contributed by atoms with Crippen molar-refractivity contribution in [3.05, 3.63) is 102 Å². The summed E-state index contributed by atoms with van der Waals surface area (Å²) in [6.45, 7) is 27.9. The van der Waals surface area contributed by atoms with Gasteiger partial charge in [0.15, 0.2) is 5.78 Å². The number of ketones is 1.